The molecule has 1 saturated carbocycles. The lowest BCUT2D eigenvalue weighted by molar-refractivity contribution is -0.118. The molecule has 0 unspecified atom stereocenters. The van der Waals surface area contributed by atoms with E-state index in [1.807, 2.05) is 0 Å². The molecule has 0 radical (unpaired) electrons. The van der Waals surface area contributed by atoms with E-state index in [9.17, 15) is 14.4 Å². The first-order chi connectivity index (χ1) is 11.5. The Morgan fingerprint density at radius 2 is 1.79 bits per heavy atom. The summed E-state index contributed by atoms with van der Waals surface area (Å²) in [7, 11) is 2.85. The molecule has 1 aliphatic carbocycles. The molecular formula is C15H23N5O3S. The SMILES string of the molecule is Cn1nc(SCC(=O)NN=C2CCCCCCC2)c(=O)n(C)c1=O. The van der Waals surface area contributed by atoms with Gasteiger partial charge in [-0.1, -0.05) is 31.0 Å². The molecule has 0 atom stereocenters. The Hall–Kier alpha value is -1.90. The Balaban J connectivity index is 1.91. The van der Waals surface area contributed by atoms with Gasteiger partial charge in [0, 0.05) is 19.8 Å². The quantitative estimate of drug-likeness (QED) is 0.637. The lowest BCUT2D eigenvalue weighted by Gasteiger charge is -2.10. The summed E-state index contributed by atoms with van der Waals surface area (Å²) in [6.45, 7) is 0. The van der Waals surface area contributed by atoms with Crippen molar-refractivity contribution in [3.8, 4) is 0 Å². The van der Waals surface area contributed by atoms with Gasteiger partial charge >= 0.3 is 5.69 Å². The fraction of sp³-hybridized carbons (Fsp3) is 0.667. The van der Waals surface area contributed by atoms with Gasteiger partial charge in [-0.25, -0.2) is 14.9 Å². The number of hydrogen-bond acceptors (Lipinski definition) is 6. The van der Waals surface area contributed by atoms with Gasteiger partial charge in [-0.15, -0.1) is 0 Å². The molecule has 1 amide bonds. The molecule has 0 saturated heterocycles. The standard InChI is InChI=1S/C15H23N5O3S/c1-19-14(22)13(18-20(2)15(19)23)24-10-12(21)17-16-11-8-6-4-3-5-7-9-11/h3-10H2,1-2H3,(H,17,21). The maximum atomic E-state index is 11.9. The number of nitrogens with one attached hydrogen (secondary N) is 1. The molecule has 1 aromatic heterocycles. The van der Waals surface area contributed by atoms with E-state index in [1.165, 1.54) is 33.4 Å². The van der Waals surface area contributed by atoms with Gasteiger partial charge in [-0.3, -0.25) is 14.2 Å². The first kappa shape index (κ1) is 18.4. The monoisotopic (exact) mass is 353 g/mol. The first-order valence-electron chi connectivity index (χ1n) is 8.10. The van der Waals surface area contributed by atoms with Crippen LogP contribution in [0.2, 0.25) is 0 Å². The van der Waals surface area contributed by atoms with Crippen LogP contribution in [-0.4, -0.2) is 31.7 Å². The fourth-order valence-corrected chi connectivity index (χ4v) is 3.27. The molecule has 0 aliphatic heterocycles. The molecule has 1 aromatic rings. The second-order valence-corrected chi connectivity index (χ2v) is 6.81. The van der Waals surface area contributed by atoms with Gasteiger partial charge in [0.25, 0.3) is 5.56 Å². The molecule has 132 valence electrons. The van der Waals surface area contributed by atoms with Gasteiger partial charge in [0.05, 0.1) is 5.75 Å². The summed E-state index contributed by atoms with van der Waals surface area (Å²) < 4.78 is 2.05. The number of hydrazone groups is 1. The third kappa shape index (κ3) is 5.05. The highest BCUT2D eigenvalue weighted by molar-refractivity contribution is 7.99. The normalized spacial score (nSPS) is 15.5. The van der Waals surface area contributed by atoms with Crippen molar-refractivity contribution < 1.29 is 4.79 Å². The summed E-state index contributed by atoms with van der Waals surface area (Å²) >= 11 is 1.00. The molecular weight excluding hydrogens is 330 g/mol. The average Bonchev–Trinajstić information content (AvgIpc) is 2.54. The summed E-state index contributed by atoms with van der Waals surface area (Å²) in [5.74, 6) is -0.260. The highest BCUT2D eigenvalue weighted by atomic mass is 32.2. The van der Waals surface area contributed by atoms with Gasteiger partial charge in [0.15, 0.2) is 5.03 Å². The Bertz CT molecular complexity index is 728. The number of thioether (sulfide) groups is 1. The number of aromatic nitrogens is 3. The largest absolute Gasteiger partial charge is 0.346 e. The Morgan fingerprint density at radius 3 is 2.46 bits per heavy atom. The minimum atomic E-state index is -0.498. The van der Waals surface area contributed by atoms with Crippen LogP contribution < -0.4 is 16.7 Å². The first-order valence-corrected chi connectivity index (χ1v) is 9.09. The zero-order valence-electron chi connectivity index (χ0n) is 14.1. The van der Waals surface area contributed by atoms with E-state index >= 15 is 0 Å². The van der Waals surface area contributed by atoms with Crippen LogP contribution in [0, 0.1) is 0 Å². The maximum Gasteiger partial charge on any atom is 0.346 e. The van der Waals surface area contributed by atoms with Crippen molar-refractivity contribution >= 4 is 23.4 Å². The second-order valence-electron chi connectivity index (χ2n) is 5.84. The van der Waals surface area contributed by atoms with Gasteiger partial charge in [0.1, 0.15) is 0 Å². The fourth-order valence-electron chi connectivity index (χ4n) is 2.49. The molecule has 9 heteroatoms. The van der Waals surface area contributed by atoms with Crippen LogP contribution >= 0.6 is 11.8 Å². The van der Waals surface area contributed by atoms with Crippen molar-refractivity contribution in [2.45, 2.75) is 50.0 Å². The van der Waals surface area contributed by atoms with Crippen LogP contribution in [0.1, 0.15) is 44.9 Å². The summed E-state index contributed by atoms with van der Waals surface area (Å²) in [4.78, 5) is 35.4. The van der Waals surface area contributed by atoms with E-state index in [1.54, 1.807) is 0 Å². The van der Waals surface area contributed by atoms with Crippen LogP contribution in [-0.2, 0) is 18.9 Å². The highest BCUT2D eigenvalue weighted by Gasteiger charge is 2.12. The number of carbonyl (C=O) groups excluding carboxylic acids is 1. The third-order valence-electron chi connectivity index (χ3n) is 3.90. The predicted octanol–water partition coefficient (Wildman–Crippen LogP) is 0.788. The molecule has 1 heterocycles. The molecule has 0 bridgehead atoms. The van der Waals surface area contributed by atoms with Crippen LogP contribution in [0.25, 0.3) is 0 Å². The van der Waals surface area contributed by atoms with Crippen molar-refractivity contribution in [2.24, 2.45) is 19.2 Å². The lowest BCUT2D eigenvalue weighted by Crippen LogP contribution is -2.39. The molecule has 2 rings (SSSR count). The Morgan fingerprint density at radius 1 is 1.17 bits per heavy atom. The van der Waals surface area contributed by atoms with E-state index < -0.39 is 11.2 Å². The van der Waals surface area contributed by atoms with Crippen LogP contribution in [0.15, 0.2) is 19.7 Å². The van der Waals surface area contributed by atoms with E-state index in [4.69, 9.17) is 0 Å². The molecule has 8 nitrogen and oxygen atoms in total. The highest BCUT2D eigenvalue weighted by Crippen LogP contribution is 2.14. The zero-order chi connectivity index (χ0) is 17.5. The number of carbonyl (C=O) groups is 1. The van der Waals surface area contributed by atoms with Crippen molar-refractivity contribution in [3.05, 3.63) is 20.8 Å². The van der Waals surface area contributed by atoms with E-state index in [2.05, 4.69) is 15.6 Å². The summed E-state index contributed by atoms with van der Waals surface area (Å²) in [5, 5.41) is 8.23. The van der Waals surface area contributed by atoms with Gasteiger partial charge < -0.3 is 0 Å². The van der Waals surface area contributed by atoms with Crippen LogP contribution in [0.5, 0.6) is 0 Å². The zero-order valence-corrected chi connectivity index (χ0v) is 14.9. The van der Waals surface area contributed by atoms with Gasteiger partial charge in [0.2, 0.25) is 5.91 Å². The summed E-state index contributed by atoms with van der Waals surface area (Å²) in [6, 6.07) is 0. The van der Waals surface area contributed by atoms with Crippen molar-refractivity contribution in [2.75, 3.05) is 5.75 Å². The van der Waals surface area contributed by atoms with E-state index in [0.717, 1.165) is 52.4 Å². The summed E-state index contributed by atoms with van der Waals surface area (Å²) in [5.41, 5.74) is 2.59. The average molecular weight is 353 g/mol. The topological polar surface area (TPSA) is 98.3 Å². The molecule has 0 aromatic carbocycles. The van der Waals surface area contributed by atoms with Crippen LogP contribution in [0.3, 0.4) is 0 Å². The van der Waals surface area contributed by atoms with E-state index in [0.29, 0.717) is 0 Å². The number of rotatable bonds is 4. The Labute approximate surface area is 144 Å². The third-order valence-corrected chi connectivity index (χ3v) is 4.84. The molecule has 24 heavy (non-hydrogen) atoms. The molecule has 1 fully saturated rings. The summed E-state index contributed by atoms with van der Waals surface area (Å²) in [6.07, 6.45) is 7.78. The molecule has 0 spiro atoms. The molecule has 1 aliphatic rings. The second kappa shape index (κ2) is 8.81. The van der Waals surface area contributed by atoms with E-state index in [-0.39, 0.29) is 16.7 Å². The number of amides is 1. The van der Waals surface area contributed by atoms with Crippen molar-refractivity contribution in [1.29, 1.82) is 0 Å². The maximum absolute atomic E-state index is 11.9. The smallest absolute Gasteiger partial charge is 0.272 e. The minimum absolute atomic E-state index is 0.0250. The lowest BCUT2D eigenvalue weighted by atomic mass is 9.99. The predicted molar refractivity (Wildman–Crippen MR) is 93.3 cm³/mol. The minimum Gasteiger partial charge on any atom is -0.272 e. The number of hydrogen-bond donors (Lipinski definition) is 1. The number of aryl methyl sites for hydroxylation is 1. The van der Waals surface area contributed by atoms with Crippen molar-refractivity contribution in [3.63, 3.8) is 0 Å². The molecule has 1 N–H and O–H groups in total. The van der Waals surface area contributed by atoms with Crippen molar-refractivity contribution in [1.82, 2.24) is 19.8 Å². The van der Waals surface area contributed by atoms with Crippen LogP contribution in [0.4, 0.5) is 0 Å². The van der Waals surface area contributed by atoms with Gasteiger partial charge in [-0.2, -0.15) is 10.2 Å². The Kier molecular flexibility index (Phi) is 6.77. The number of nitrogens with zero attached hydrogens (tertiary/aromatic N) is 4. The van der Waals surface area contributed by atoms with Gasteiger partial charge in [-0.05, 0) is 25.7 Å².